The molecule has 0 heterocycles. The number of hydrogen-bond acceptors (Lipinski definition) is 2. The smallest absolute Gasteiger partial charge is 0.327 e. The zero-order valence-corrected chi connectivity index (χ0v) is 9.50. The second-order valence-electron chi connectivity index (χ2n) is 2.64. The zero-order chi connectivity index (χ0) is 11.8. The Morgan fingerprint density at radius 3 is 2.60 bits per heavy atom. The molecule has 0 aromatic rings. The highest BCUT2D eigenvalue weighted by molar-refractivity contribution is 9.11. The first-order valence-corrected chi connectivity index (χ1v) is 4.80. The molecule has 1 unspecified atom stereocenters. The van der Waals surface area contributed by atoms with Crippen LogP contribution in [0.3, 0.4) is 0 Å². The predicted octanol–water partition coefficient (Wildman–Crippen LogP) is 0.671. The summed E-state index contributed by atoms with van der Waals surface area (Å²) in [6.07, 6.45) is 4.90. The average molecular weight is 275 g/mol. The highest BCUT2D eigenvalue weighted by Gasteiger charge is 2.18. The van der Waals surface area contributed by atoms with Crippen LogP contribution < -0.4 is 10.6 Å². The number of nitrogens with one attached hydrogen (secondary N) is 2. The average Bonchev–Trinajstić information content (AvgIpc) is 2.14. The maximum Gasteiger partial charge on any atom is 0.327 e. The summed E-state index contributed by atoms with van der Waals surface area (Å²) in [5.74, 6) is 1.00. The van der Waals surface area contributed by atoms with E-state index in [0.29, 0.717) is 4.48 Å². The van der Waals surface area contributed by atoms with Crippen molar-refractivity contribution in [3.63, 3.8) is 0 Å². The van der Waals surface area contributed by atoms with E-state index in [-0.39, 0.29) is 13.0 Å². The Kier molecular flexibility index (Phi) is 6.22. The Morgan fingerprint density at radius 2 is 2.20 bits per heavy atom. The molecule has 5 nitrogen and oxygen atoms in total. The molecule has 0 aliphatic carbocycles. The maximum absolute atomic E-state index is 11.1. The van der Waals surface area contributed by atoms with Crippen molar-refractivity contribution in [3.8, 4) is 12.3 Å². The van der Waals surface area contributed by atoms with E-state index in [1.807, 2.05) is 0 Å². The fourth-order valence-corrected chi connectivity index (χ4v) is 0.844. The molecule has 1 atom stereocenters. The van der Waals surface area contributed by atoms with Crippen molar-refractivity contribution in [2.24, 2.45) is 0 Å². The van der Waals surface area contributed by atoms with Gasteiger partial charge in [0.05, 0.1) is 6.54 Å². The number of carboxylic acids is 1. The highest BCUT2D eigenvalue weighted by Crippen LogP contribution is 1.96. The summed E-state index contributed by atoms with van der Waals surface area (Å²) in [4.78, 5) is 21.7. The monoisotopic (exact) mass is 274 g/mol. The second-order valence-corrected chi connectivity index (χ2v) is 3.76. The van der Waals surface area contributed by atoms with Gasteiger partial charge in [0, 0.05) is 10.9 Å². The summed E-state index contributed by atoms with van der Waals surface area (Å²) in [6.45, 7) is 3.72. The minimum atomic E-state index is -1.17. The standard InChI is InChI=1S/C9H11BrN2O3/c1-3-4-7(8(13)14)12-9(15)11-5-6(2)10/h1,7H,2,4-5H2,(H,13,14)(H2,11,12,15). The first-order chi connectivity index (χ1) is 6.97. The molecule has 3 N–H and O–H groups in total. The molecule has 0 fully saturated rings. The van der Waals surface area contributed by atoms with Crippen LogP contribution in [0.2, 0.25) is 0 Å². The lowest BCUT2D eigenvalue weighted by molar-refractivity contribution is -0.139. The van der Waals surface area contributed by atoms with E-state index in [9.17, 15) is 9.59 Å². The van der Waals surface area contributed by atoms with Crippen LogP contribution in [-0.2, 0) is 4.79 Å². The minimum Gasteiger partial charge on any atom is -0.480 e. The number of amides is 2. The molecule has 15 heavy (non-hydrogen) atoms. The number of urea groups is 1. The molecule has 0 radical (unpaired) electrons. The van der Waals surface area contributed by atoms with Crippen molar-refractivity contribution < 1.29 is 14.7 Å². The summed E-state index contributed by atoms with van der Waals surface area (Å²) in [5.41, 5.74) is 0. The van der Waals surface area contributed by atoms with Gasteiger partial charge in [0.15, 0.2) is 0 Å². The molecule has 82 valence electrons. The number of aliphatic carboxylic acids is 1. The van der Waals surface area contributed by atoms with E-state index in [4.69, 9.17) is 11.5 Å². The number of halogens is 1. The molecule has 0 aromatic heterocycles. The van der Waals surface area contributed by atoms with E-state index in [1.54, 1.807) is 0 Å². The quantitative estimate of drug-likeness (QED) is 0.645. The van der Waals surface area contributed by atoms with Crippen LogP contribution in [0.5, 0.6) is 0 Å². The minimum absolute atomic E-state index is 0.0575. The van der Waals surface area contributed by atoms with Crippen LogP contribution in [0.15, 0.2) is 11.1 Å². The molecule has 2 amide bonds. The van der Waals surface area contributed by atoms with Crippen LogP contribution in [0.1, 0.15) is 6.42 Å². The normalized spacial score (nSPS) is 10.9. The van der Waals surface area contributed by atoms with Crippen LogP contribution in [-0.4, -0.2) is 29.7 Å². The van der Waals surface area contributed by atoms with Crippen molar-refractivity contribution in [1.82, 2.24) is 10.6 Å². The lowest BCUT2D eigenvalue weighted by Gasteiger charge is -2.12. The van der Waals surface area contributed by atoms with Crippen molar-refractivity contribution in [2.45, 2.75) is 12.5 Å². The van der Waals surface area contributed by atoms with Gasteiger partial charge < -0.3 is 15.7 Å². The largest absolute Gasteiger partial charge is 0.480 e. The van der Waals surface area contributed by atoms with E-state index in [0.717, 1.165) is 0 Å². The molecule has 0 saturated carbocycles. The molecule has 0 spiro atoms. The number of carbonyl (C=O) groups is 2. The Balaban J connectivity index is 4.07. The second kappa shape index (κ2) is 6.90. The first-order valence-electron chi connectivity index (χ1n) is 4.01. The lowest BCUT2D eigenvalue weighted by atomic mass is 10.2. The van der Waals surface area contributed by atoms with Crippen LogP contribution >= 0.6 is 15.9 Å². The van der Waals surface area contributed by atoms with E-state index >= 15 is 0 Å². The molecule has 0 rings (SSSR count). The lowest BCUT2D eigenvalue weighted by Crippen LogP contribution is -2.46. The molecule has 0 aromatic carbocycles. The Bertz CT molecular complexity index is 309. The number of rotatable bonds is 5. The van der Waals surface area contributed by atoms with Gasteiger partial charge in [-0.05, 0) is 0 Å². The molecule has 0 aliphatic heterocycles. The summed E-state index contributed by atoms with van der Waals surface area (Å²) < 4.78 is 0.585. The molecule has 0 aliphatic rings. The van der Waals surface area contributed by atoms with Gasteiger partial charge in [-0.15, -0.1) is 12.3 Å². The number of terminal acetylenes is 1. The molecule has 0 saturated heterocycles. The van der Waals surface area contributed by atoms with Crippen molar-refractivity contribution in [1.29, 1.82) is 0 Å². The third-order valence-electron chi connectivity index (χ3n) is 1.37. The van der Waals surface area contributed by atoms with E-state index < -0.39 is 18.0 Å². The molecule has 6 heteroatoms. The summed E-state index contributed by atoms with van der Waals surface area (Å²) in [6, 6.07) is -1.67. The topological polar surface area (TPSA) is 78.4 Å². The van der Waals surface area contributed by atoms with Crippen LogP contribution in [0.4, 0.5) is 4.79 Å². The SMILES string of the molecule is C#CCC(NC(=O)NCC(=C)Br)C(=O)O. The van der Waals surface area contributed by atoms with Gasteiger partial charge in [0.2, 0.25) is 0 Å². The van der Waals surface area contributed by atoms with E-state index in [1.165, 1.54) is 0 Å². The first kappa shape index (κ1) is 13.5. The van der Waals surface area contributed by atoms with Gasteiger partial charge in [0.1, 0.15) is 6.04 Å². The fourth-order valence-electron chi connectivity index (χ4n) is 0.703. The molecular weight excluding hydrogens is 264 g/mol. The summed E-state index contributed by atoms with van der Waals surface area (Å²) >= 11 is 3.04. The molecular formula is C9H11BrN2O3. The Morgan fingerprint density at radius 1 is 1.60 bits per heavy atom. The summed E-state index contributed by atoms with van der Waals surface area (Å²) in [5, 5.41) is 13.3. The van der Waals surface area contributed by atoms with Gasteiger partial charge in [-0.3, -0.25) is 0 Å². The third-order valence-corrected chi connectivity index (χ3v) is 1.65. The van der Waals surface area contributed by atoms with Gasteiger partial charge in [-0.2, -0.15) is 0 Å². The molecule has 0 bridgehead atoms. The van der Waals surface area contributed by atoms with Gasteiger partial charge in [0.25, 0.3) is 0 Å². The Labute approximate surface area is 96.1 Å². The number of hydrogen-bond donors (Lipinski definition) is 3. The predicted molar refractivity (Wildman–Crippen MR) is 59.5 cm³/mol. The zero-order valence-electron chi connectivity index (χ0n) is 7.92. The van der Waals surface area contributed by atoms with Crippen LogP contribution in [0.25, 0.3) is 0 Å². The fraction of sp³-hybridized carbons (Fsp3) is 0.333. The number of carbonyl (C=O) groups excluding carboxylic acids is 1. The van der Waals surface area contributed by atoms with E-state index in [2.05, 4.69) is 39.1 Å². The van der Waals surface area contributed by atoms with Crippen molar-refractivity contribution in [3.05, 3.63) is 11.1 Å². The third kappa shape index (κ3) is 6.57. The highest BCUT2D eigenvalue weighted by atomic mass is 79.9. The van der Waals surface area contributed by atoms with Crippen LogP contribution in [0, 0.1) is 12.3 Å². The van der Waals surface area contributed by atoms with Gasteiger partial charge in [-0.1, -0.05) is 22.5 Å². The van der Waals surface area contributed by atoms with Gasteiger partial charge >= 0.3 is 12.0 Å². The summed E-state index contributed by atoms with van der Waals surface area (Å²) in [7, 11) is 0. The number of carboxylic acid groups (broad SMARTS) is 1. The van der Waals surface area contributed by atoms with Gasteiger partial charge in [-0.25, -0.2) is 9.59 Å². The maximum atomic E-state index is 11.1. The Hall–Kier alpha value is -1.48. The van der Waals surface area contributed by atoms with Crippen molar-refractivity contribution in [2.75, 3.05) is 6.54 Å². The van der Waals surface area contributed by atoms with Crippen molar-refractivity contribution >= 4 is 27.9 Å².